The maximum absolute atomic E-state index is 4.19. The van der Waals surface area contributed by atoms with Crippen LogP contribution in [0.3, 0.4) is 0 Å². The van der Waals surface area contributed by atoms with Crippen molar-refractivity contribution in [2.24, 2.45) is 10.2 Å². The first-order chi connectivity index (χ1) is 7.15. The third-order valence-corrected chi connectivity index (χ3v) is 2.05. The Morgan fingerprint density at radius 3 is 2.80 bits per heavy atom. The highest BCUT2D eigenvalue weighted by Crippen LogP contribution is 2.07. The largest absolute Gasteiger partial charge is 0.361 e. The van der Waals surface area contributed by atoms with E-state index in [0.717, 1.165) is 23.5 Å². The number of rotatable bonds is 2. The molecule has 0 aliphatic carbocycles. The summed E-state index contributed by atoms with van der Waals surface area (Å²) in [4.78, 5) is 1.93. The lowest BCUT2D eigenvalue weighted by molar-refractivity contribution is 0.623. The average molecular weight is 203 g/mol. The number of nitrogens with zero attached hydrogens (tertiary/aromatic N) is 3. The summed E-state index contributed by atoms with van der Waals surface area (Å²) in [5.74, 6) is 0.860. The van der Waals surface area contributed by atoms with Gasteiger partial charge in [0, 0.05) is 20.5 Å². The van der Waals surface area contributed by atoms with Crippen LogP contribution in [-0.4, -0.2) is 30.5 Å². The molecule has 0 aromatic heterocycles. The van der Waals surface area contributed by atoms with Gasteiger partial charge in [0.05, 0.1) is 5.71 Å². The number of hydrogen-bond acceptors (Lipinski definition) is 3. The van der Waals surface area contributed by atoms with E-state index >= 15 is 0 Å². The van der Waals surface area contributed by atoms with E-state index < -0.39 is 0 Å². The second-order valence-electron chi connectivity index (χ2n) is 3.53. The van der Waals surface area contributed by atoms with Crippen LogP contribution in [0.5, 0.6) is 0 Å². The van der Waals surface area contributed by atoms with Crippen molar-refractivity contribution in [1.29, 1.82) is 0 Å². The van der Waals surface area contributed by atoms with E-state index in [9.17, 15) is 0 Å². The summed E-state index contributed by atoms with van der Waals surface area (Å²) in [6.45, 7) is 5.91. The molecule has 0 saturated carbocycles. The van der Waals surface area contributed by atoms with Crippen LogP contribution >= 0.6 is 0 Å². The standard InChI is InChI=1S/C12H17N3/c1-5-7-10(2)11-8-6-9-12(14-13-11)15(3)4/h5-7,9H,2,8H2,1,3-4H3/b7-5-. The summed E-state index contributed by atoms with van der Waals surface area (Å²) in [5, 5.41) is 8.35. The average Bonchev–Trinajstić information content (AvgIpc) is 2.43. The van der Waals surface area contributed by atoms with Crippen LogP contribution in [-0.2, 0) is 0 Å². The quantitative estimate of drug-likeness (QED) is 0.633. The molecule has 0 fully saturated rings. The molecule has 0 bridgehead atoms. The minimum Gasteiger partial charge on any atom is -0.361 e. The van der Waals surface area contributed by atoms with Gasteiger partial charge in [-0.2, -0.15) is 5.10 Å². The topological polar surface area (TPSA) is 28.0 Å². The lowest BCUT2D eigenvalue weighted by Crippen LogP contribution is -2.18. The number of amidine groups is 1. The van der Waals surface area contributed by atoms with Crippen LogP contribution < -0.4 is 0 Å². The van der Waals surface area contributed by atoms with Crippen molar-refractivity contribution in [2.45, 2.75) is 13.3 Å². The van der Waals surface area contributed by atoms with Gasteiger partial charge in [-0.25, -0.2) is 0 Å². The van der Waals surface area contributed by atoms with Gasteiger partial charge in [0.15, 0.2) is 0 Å². The van der Waals surface area contributed by atoms with Gasteiger partial charge in [0.1, 0.15) is 5.84 Å². The Hall–Kier alpha value is -1.64. The molecule has 3 nitrogen and oxygen atoms in total. The van der Waals surface area contributed by atoms with Crippen LogP contribution in [0.2, 0.25) is 0 Å². The predicted molar refractivity (Wildman–Crippen MR) is 66.3 cm³/mol. The van der Waals surface area contributed by atoms with E-state index in [0.29, 0.717) is 0 Å². The Labute approximate surface area is 91.2 Å². The summed E-state index contributed by atoms with van der Waals surface area (Å²) < 4.78 is 0. The Morgan fingerprint density at radius 2 is 2.20 bits per heavy atom. The van der Waals surface area contributed by atoms with Crippen LogP contribution in [0.4, 0.5) is 0 Å². The molecule has 0 spiro atoms. The van der Waals surface area contributed by atoms with Crippen LogP contribution in [0.25, 0.3) is 0 Å². The van der Waals surface area contributed by atoms with E-state index in [-0.39, 0.29) is 0 Å². The third kappa shape index (κ3) is 3.20. The summed E-state index contributed by atoms with van der Waals surface area (Å²) in [5.41, 5.74) is 1.84. The minimum absolute atomic E-state index is 0.782. The number of hydrogen-bond donors (Lipinski definition) is 0. The molecule has 3 heteroatoms. The Morgan fingerprint density at radius 1 is 1.47 bits per heavy atom. The van der Waals surface area contributed by atoms with Gasteiger partial charge in [-0.1, -0.05) is 24.8 Å². The SMILES string of the molecule is C=C(/C=C\C)C1=NN=C(N(C)C)C=CC1. The molecular formula is C12H17N3. The van der Waals surface area contributed by atoms with Gasteiger partial charge in [0.25, 0.3) is 0 Å². The maximum Gasteiger partial charge on any atom is 0.150 e. The minimum atomic E-state index is 0.782. The molecule has 1 aliphatic rings. The fraction of sp³-hybridized carbons (Fsp3) is 0.333. The molecule has 0 radical (unpaired) electrons. The van der Waals surface area contributed by atoms with Crippen molar-refractivity contribution in [1.82, 2.24) is 4.90 Å². The highest BCUT2D eigenvalue weighted by Gasteiger charge is 2.05. The van der Waals surface area contributed by atoms with E-state index in [1.165, 1.54) is 0 Å². The molecule has 0 saturated heterocycles. The Kier molecular flexibility index (Phi) is 4.03. The van der Waals surface area contributed by atoms with Crippen LogP contribution in [0, 0.1) is 0 Å². The number of likely N-dealkylation sites (N-methyl/N-ethyl adjacent to an activating group) is 1. The fourth-order valence-electron chi connectivity index (χ4n) is 1.19. The zero-order valence-corrected chi connectivity index (χ0v) is 9.57. The van der Waals surface area contributed by atoms with Crippen LogP contribution in [0.1, 0.15) is 13.3 Å². The van der Waals surface area contributed by atoms with Crippen molar-refractivity contribution in [3.8, 4) is 0 Å². The van der Waals surface area contributed by atoms with E-state index in [1.54, 1.807) is 0 Å². The molecule has 0 atom stereocenters. The molecule has 0 N–H and O–H groups in total. The number of allylic oxidation sites excluding steroid dienone is 4. The molecule has 1 rings (SSSR count). The van der Waals surface area contributed by atoms with E-state index in [2.05, 4.69) is 22.9 Å². The summed E-state index contributed by atoms with van der Waals surface area (Å²) in [7, 11) is 3.90. The second-order valence-corrected chi connectivity index (χ2v) is 3.53. The smallest absolute Gasteiger partial charge is 0.150 e. The van der Waals surface area contributed by atoms with Crippen molar-refractivity contribution < 1.29 is 0 Å². The molecule has 15 heavy (non-hydrogen) atoms. The van der Waals surface area contributed by atoms with Gasteiger partial charge in [-0.3, -0.25) is 0 Å². The fourth-order valence-corrected chi connectivity index (χ4v) is 1.19. The Bertz CT molecular complexity index is 357. The normalized spacial score (nSPS) is 15.9. The molecule has 0 aromatic carbocycles. The molecule has 80 valence electrons. The second kappa shape index (κ2) is 5.29. The highest BCUT2D eigenvalue weighted by atomic mass is 15.3. The van der Waals surface area contributed by atoms with E-state index in [1.807, 2.05) is 44.1 Å². The van der Waals surface area contributed by atoms with Gasteiger partial charge < -0.3 is 4.90 Å². The van der Waals surface area contributed by atoms with Gasteiger partial charge in [-0.05, 0) is 18.6 Å². The van der Waals surface area contributed by atoms with Crippen molar-refractivity contribution in [3.63, 3.8) is 0 Å². The van der Waals surface area contributed by atoms with Crippen LogP contribution in [0.15, 0.2) is 46.7 Å². The molecule has 0 amide bonds. The Balaban J connectivity index is 2.88. The highest BCUT2D eigenvalue weighted by molar-refractivity contribution is 6.05. The first kappa shape index (κ1) is 11.4. The van der Waals surface area contributed by atoms with Crippen molar-refractivity contribution in [2.75, 3.05) is 14.1 Å². The third-order valence-electron chi connectivity index (χ3n) is 2.05. The van der Waals surface area contributed by atoms with E-state index in [4.69, 9.17) is 0 Å². The van der Waals surface area contributed by atoms with Gasteiger partial charge in [0.2, 0.25) is 0 Å². The van der Waals surface area contributed by atoms with Crippen molar-refractivity contribution >= 4 is 11.5 Å². The molecule has 0 unspecified atom stereocenters. The zero-order chi connectivity index (χ0) is 11.3. The lowest BCUT2D eigenvalue weighted by Gasteiger charge is -2.08. The first-order valence-corrected chi connectivity index (χ1v) is 4.95. The summed E-state index contributed by atoms with van der Waals surface area (Å²) in [6.07, 6.45) is 8.71. The zero-order valence-electron chi connectivity index (χ0n) is 9.57. The predicted octanol–water partition coefficient (Wildman–Crippen LogP) is 2.39. The van der Waals surface area contributed by atoms with Gasteiger partial charge in [-0.15, -0.1) is 5.10 Å². The molecule has 0 aromatic rings. The summed E-state index contributed by atoms with van der Waals surface area (Å²) in [6, 6.07) is 0. The maximum atomic E-state index is 4.19. The van der Waals surface area contributed by atoms with Crippen molar-refractivity contribution in [3.05, 3.63) is 36.5 Å². The molecular weight excluding hydrogens is 186 g/mol. The lowest BCUT2D eigenvalue weighted by atomic mass is 10.1. The molecule has 1 heterocycles. The molecule has 1 aliphatic heterocycles. The first-order valence-electron chi connectivity index (χ1n) is 4.95. The summed E-state index contributed by atoms with van der Waals surface area (Å²) >= 11 is 0. The monoisotopic (exact) mass is 203 g/mol. The van der Waals surface area contributed by atoms with Gasteiger partial charge >= 0.3 is 0 Å².